The summed E-state index contributed by atoms with van der Waals surface area (Å²) in [5.41, 5.74) is 0.978. The Kier molecular flexibility index (Phi) is 4.61. The van der Waals surface area contributed by atoms with Gasteiger partial charge in [0.25, 0.3) is 0 Å². The van der Waals surface area contributed by atoms with E-state index >= 15 is 0 Å². The van der Waals surface area contributed by atoms with Crippen molar-refractivity contribution in [3.05, 3.63) is 42.5 Å². The smallest absolute Gasteiger partial charge is 0.205 e. The van der Waals surface area contributed by atoms with Crippen LogP contribution in [-0.2, 0) is 14.2 Å². The van der Waals surface area contributed by atoms with Gasteiger partial charge >= 0.3 is 0 Å². The minimum Gasteiger partial charge on any atom is -0.465 e. The Hall–Kier alpha value is -1.32. The van der Waals surface area contributed by atoms with Crippen LogP contribution in [0.15, 0.2) is 36.9 Å². The van der Waals surface area contributed by atoms with Gasteiger partial charge in [0, 0.05) is 17.9 Å². The molecule has 0 unspecified atom stereocenters. The van der Waals surface area contributed by atoms with E-state index in [0.717, 1.165) is 12.0 Å². The molecule has 0 aromatic heterocycles. The SMILES string of the molecule is C=C(O[C@@H]1C[C@H](C)O[C@H](C(C)C)O1)c1ccccc1. The lowest BCUT2D eigenvalue weighted by Crippen LogP contribution is -2.40. The molecule has 1 saturated heterocycles. The van der Waals surface area contributed by atoms with Crippen molar-refractivity contribution in [2.45, 2.75) is 45.9 Å². The molecule has 0 bridgehead atoms. The first-order valence-corrected chi connectivity index (χ1v) is 6.78. The van der Waals surface area contributed by atoms with Crippen LogP contribution in [0.1, 0.15) is 32.8 Å². The molecular weight excluding hydrogens is 240 g/mol. The normalized spacial score (nSPS) is 27.3. The summed E-state index contributed by atoms with van der Waals surface area (Å²) in [6.45, 7) is 10.2. The van der Waals surface area contributed by atoms with Crippen molar-refractivity contribution in [2.75, 3.05) is 0 Å². The van der Waals surface area contributed by atoms with Crippen molar-refractivity contribution in [2.24, 2.45) is 5.92 Å². The van der Waals surface area contributed by atoms with Crippen LogP contribution in [0.2, 0.25) is 0 Å². The zero-order valence-electron chi connectivity index (χ0n) is 11.8. The lowest BCUT2D eigenvalue weighted by atomic mass is 10.1. The largest absolute Gasteiger partial charge is 0.465 e. The standard InChI is InChI=1S/C16H22O3/c1-11(2)16-17-12(3)10-15(19-16)18-13(4)14-8-6-5-7-9-14/h5-9,11-12,15-16H,4,10H2,1-3H3/t12-,15-,16-/m0/s1. The molecule has 0 radical (unpaired) electrons. The van der Waals surface area contributed by atoms with Crippen LogP contribution in [0, 0.1) is 5.92 Å². The molecule has 1 heterocycles. The first kappa shape index (κ1) is 14.1. The maximum absolute atomic E-state index is 5.83. The molecule has 1 aromatic rings. The zero-order chi connectivity index (χ0) is 13.8. The Morgan fingerprint density at radius 2 is 1.95 bits per heavy atom. The maximum atomic E-state index is 5.83. The summed E-state index contributed by atoms with van der Waals surface area (Å²) in [7, 11) is 0. The molecule has 0 saturated carbocycles. The number of rotatable bonds is 4. The number of benzene rings is 1. The lowest BCUT2D eigenvalue weighted by molar-refractivity contribution is -0.301. The van der Waals surface area contributed by atoms with Gasteiger partial charge in [-0.05, 0) is 6.92 Å². The third-order valence-corrected chi connectivity index (χ3v) is 3.09. The predicted octanol–water partition coefficient (Wildman–Crippen LogP) is 3.81. The van der Waals surface area contributed by atoms with E-state index in [1.165, 1.54) is 0 Å². The number of ether oxygens (including phenoxy) is 3. The highest BCUT2D eigenvalue weighted by molar-refractivity contribution is 5.57. The highest BCUT2D eigenvalue weighted by atomic mass is 16.8. The topological polar surface area (TPSA) is 27.7 Å². The molecule has 0 N–H and O–H groups in total. The van der Waals surface area contributed by atoms with Gasteiger partial charge in [0.2, 0.25) is 6.29 Å². The van der Waals surface area contributed by atoms with Crippen LogP contribution in [0.5, 0.6) is 0 Å². The van der Waals surface area contributed by atoms with E-state index in [4.69, 9.17) is 14.2 Å². The Morgan fingerprint density at radius 1 is 1.26 bits per heavy atom. The highest BCUT2D eigenvalue weighted by Crippen LogP contribution is 2.27. The second-order valence-corrected chi connectivity index (χ2v) is 5.27. The molecule has 1 fully saturated rings. The van der Waals surface area contributed by atoms with Gasteiger partial charge in [-0.3, -0.25) is 0 Å². The zero-order valence-corrected chi connectivity index (χ0v) is 11.8. The van der Waals surface area contributed by atoms with Crippen LogP contribution in [0.3, 0.4) is 0 Å². The Bertz CT molecular complexity index is 413. The van der Waals surface area contributed by atoms with Gasteiger partial charge in [0.1, 0.15) is 5.76 Å². The average Bonchev–Trinajstić information content (AvgIpc) is 2.39. The molecule has 2 rings (SSSR count). The summed E-state index contributed by atoms with van der Waals surface area (Å²) in [4.78, 5) is 0. The van der Waals surface area contributed by atoms with Crippen molar-refractivity contribution in [1.29, 1.82) is 0 Å². The van der Waals surface area contributed by atoms with Crippen molar-refractivity contribution in [3.8, 4) is 0 Å². The van der Waals surface area contributed by atoms with E-state index in [0.29, 0.717) is 11.7 Å². The van der Waals surface area contributed by atoms with Crippen LogP contribution in [-0.4, -0.2) is 18.7 Å². The van der Waals surface area contributed by atoms with Crippen molar-refractivity contribution in [3.63, 3.8) is 0 Å². The Balaban J connectivity index is 1.97. The van der Waals surface area contributed by atoms with Gasteiger partial charge in [-0.1, -0.05) is 50.8 Å². The minimum atomic E-state index is -0.288. The first-order chi connectivity index (χ1) is 9.06. The fraction of sp³-hybridized carbons (Fsp3) is 0.500. The molecule has 3 atom stereocenters. The summed E-state index contributed by atoms with van der Waals surface area (Å²) < 4.78 is 17.4. The van der Waals surface area contributed by atoms with Crippen molar-refractivity contribution >= 4 is 5.76 Å². The molecular formula is C16H22O3. The van der Waals surface area contributed by atoms with E-state index in [1.807, 2.05) is 37.3 Å². The third kappa shape index (κ3) is 3.82. The fourth-order valence-electron chi connectivity index (χ4n) is 2.03. The number of hydrogen-bond acceptors (Lipinski definition) is 3. The molecule has 19 heavy (non-hydrogen) atoms. The van der Waals surface area contributed by atoms with Gasteiger partial charge in [-0.15, -0.1) is 0 Å². The molecule has 3 nitrogen and oxygen atoms in total. The van der Waals surface area contributed by atoms with Crippen LogP contribution in [0.4, 0.5) is 0 Å². The lowest BCUT2D eigenvalue weighted by Gasteiger charge is -2.36. The van der Waals surface area contributed by atoms with E-state index < -0.39 is 0 Å². The molecule has 3 heteroatoms. The van der Waals surface area contributed by atoms with E-state index in [-0.39, 0.29) is 18.7 Å². The fourth-order valence-corrected chi connectivity index (χ4v) is 2.03. The quantitative estimate of drug-likeness (QED) is 0.772. The molecule has 1 aliphatic heterocycles. The van der Waals surface area contributed by atoms with Crippen LogP contribution >= 0.6 is 0 Å². The van der Waals surface area contributed by atoms with E-state index in [1.54, 1.807) is 0 Å². The first-order valence-electron chi connectivity index (χ1n) is 6.78. The van der Waals surface area contributed by atoms with Gasteiger partial charge in [0.05, 0.1) is 6.10 Å². The summed E-state index contributed by atoms with van der Waals surface area (Å²) >= 11 is 0. The summed E-state index contributed by atoms with van der Waals surface area (Å²) in [6.07, 6.45) is 0.352. The Morgan fingerprint density at radius 3 is 2.58 bits per heavy atom. The summed E-state index contributed by atoms with van der Waals surface area (Å²) in [6, 6.07) is 9.86. The molecule has 1 aromatic carbocycles. The van der Waals surface area contributed by atoms with E-state index in [2.05, 4.69) is 20.4 Å². The minimum absolute atomic E-state index is 0.134. The van der Waals surface area contributed by atoms with Gasteiger partial charge in [0.15, 0.2) is 6.29 Å². The van der Waals surface area contributed by atoms with E-state index in [9.17, 15) is 0 Å². The van der Waals surface area contributed by atoms with Gasteiger partial charge in [-0.2, -0.15) is 0 Å². The summed E-state index contributed by atoms with van der Waals surface area (Å²) in [5.74, 6) is 0.945. The molecule has 104 valence electrons. The molecule has 0 spiro atoms. The summed E-state index contributed by atoms with van der Waals surface area (Å²) in [5, 5.41) is 0. The molecule has 1 aliphatic rings. The monoisotopic (exact) mass is 262 g/mol. The van der Waals surface area contributed by atoms with Gasteiger partial charge < -0.3 is 14.2 Å². The van der Waals surface area contributed by atoms with Gasteiger partial charge in [-0.25, -0.2) is 0 Å². The predicted molar refractivity (Wildman–Crippen MR) is 75.2 cm³/mol. The van der Waals surface area contributed by atoms with Crippen LogP contribution in [0.25, 0.3) is 5.76 Å². The molecule has 0 aliphatic carbocycles. The highest BCUT2D eigenvalue weighted by Gasteiger charge is 2.31. The van der Waals surface area contributed by atoms with Crippen LogP contribution < -0.4 is 0 Å². The second kappa shape index (κ2) is 6.22. The van der Waals surface area contributed by atoms with Crippen molar-refractivity contribution in [1.82, 2.24) is 0 Å². The average molecular weight is 262 g/mol. The maximum Gasteiger partial charge on any atom is 0.205 e. The number of hydrogen-bond donors (Lipinski definition) is 0. The Labute approximate surface area is 115 Å². The van der Waals surface area contributed by atoms with Crippen molar-refractivity contribution < 1.29 is 14.2 Å². The second-order valence-electron chi connectivity index (χ2n) is 5.27. The third-order valence-electron chi connectivity index (χ3n) is 3.09. The molecule has 0 amide bonds.